The van der Waals surface area contributed by atoms with Crippen LogP contribution < -0.4 is 0 Å². The summed E-state index contributed by atoms with van der Waals surface area (Å²) in [6, 6.07) is 0. The summed E-state index contributed by atoms with van der Waals surface area (Å²) in [6.45, 7) is 18.1. The zero-order valence-corrected chi connectivity index (χ0v) is 17.5. The SMILES string of the molecule is C=CC(C)(C)CC(C)(C)[C@H](O)C(C)C1OC(C)(C)OC1C(OC)OC. The van der Waals surface area contributed by atoms with E-state index in [1.54, 1.807) is 14.2 Å². The summed E-state index contributed by atoms with van der Waals surface area (Å²) >= 11 is 0. The number of hydrogen-bond acceptors (Lipinski definition) is 5. The number of rotatable bonds is 9. The summed E-state index contributed by atoms with van der Waals surface area (Å²) in [7, 11) is 3.16. The third kappa shape index (κ3) is 5.51. The fraction of sp³-hybridized carbons (Fsp3) is 0.900. The second-order valence-corrected chi connectivity index (χ2v) is 9.07. The lowest BCUT2D eigenvalue weighted by atomic mass is 9.68. The Balaban J connectivity index is 3.01. The molecular weight excluding hydrogens is 320 g/mol. The average Bonchev–Trinajstić information content (AvgIpc) is 2.82. The van der Waals surface area contributed by atoms with E-state index in [9.17, 15) is 5.11 Å². The molecule has 4 atom stereocenters. The smallest absolute Gasteiger partial charge is 0.185 e. The van der Waals surface area contributed by atoms with E-state index in [0.29, 0.717) is 0 Å². The molecule has 1 heterocycles. The van der Waals surface area contributed by atoms with Gasteiger partial charge in [0.25, 0.3) is 0 Å². The minimum absolute atomic E-state index is 0.0580. The van der Waals surface area contributed by atoms with E-state index in [1.165, 1.54) is 0 Å². The molecule has 1 saturated heterocycles. The highest BCUT2D eigenvalue weighted by Gasteiger charge is 2.51. The maximum absolute atomic E-state index is 11.1. The molecule has 5 nitrogen and oxygen atoms in total. The Bertz CT molecular complexity index is 439. The Morgan fingerprint density at radius 1 is 1.12 bits per heavy atom. The molecule has 1 rings (SSSR count). The first-order valence-electron chi connectivity index (χ1n) is 9.03. The van der Waals surface area contributed by atoms with Crippen molar-refractivity contribution in [2.45, 2.75) is 85.3 Å². The van der Waals surface area contributed by atoms with Gasteiger partial charge in [0, 0.05) is 20.1 Å². The highest BCUT2D eigenvalue weighted by Crippen LogP contribution is 2.43. The van der Waals surface area contributed by atoms with Crippen molar-refractivity contribution in [3.63, 3.8) is 0 Å². The molecule has 25 heavy (non-hydrogen) atoms. The van der Waals surface area contributed by atoms with Crippen molar-refractivity contribution in [3.8, 4) is 0 Å². The van der Waals surface area contributed by atoms with Crippen molar-refractivity contribution in [2.24, 2.45) is 16.7 Å². The zero-order chi connectivity index (χ0) is 19.6. The molecule has 1 aliphatic rings. The monoisotopic (exact) mass is 358 g/mol. The van der Waals surface area contributed by atoms with Crippen LogP contribution in [0.4, 0.5) is 0 Å². The first-order chi connectivity index (χ1) is 11.3. The van der Waals surface area contributed by atoms with Crippen LogP contribution in [0.2, 0.25) is 0 Å². The number of aliphatic hydroxyl groups excluding tert-OH is 1. The molecular formula is C20H38O5. The molecule has 1 N–H and O–H groups in total. The van der Waals surface area contributed by atoms with Crippen molar-refractivity contribution >= 4 is 0 Å². The van der Waals surface area contributed by atoms with Crippen LogP contribution in [0.5, 0.6) is 0 Å². The predicted octanol–water partition coefficient (Wildman–Crippen LogP) is 3.75. The van der Waals surface area contributed by atoms with Gasteiger partial charge in [-0.05, 0) is 31.1 Å². The standard InChI is InChI=1S/C20H38O5/c1-11-18(3,4)12-19(5,6)16(21)13(2)14-15(17(22-9)23-10)25-20(7,8)24-14/h11,13-17,21H,1,12H2,2-10H3/t13?,14?,15?,16-/m1/s1. The summed E-state index contributed by atoms with van der Waals surface area (Å²) < 4.78 is 22.9. The summed E-state index contributed by atoms with van der Waals surface area (Å²) in [6.07, 6.45) is 0.896. The van der Waals surface area contributed by atoms with Crippen molar-refractivity contribution in [1.82, 2.24) is 0 Å². The first-order valence-corrected chi connectivity index (χ1v) is 9.03. The Morgan fingerprint density at radius 2 is 1.60 bits per heavy atom. The fourth-order valence-corrected chi connectivity index (χ4v) is 4.04. The number of methoxy groups -OCH3 is 2. The van der Waals surface area contributed by atoms with Crippen LogP contribution in [-0.2, 0) is 18.9 Å². The average molecular weight is 359 g/mol. The molecule has 1 aliphatic heterocycles. The molecule has 3 unspecified atom stereocenters. The van der Waals surface area contributed by atoms with Crippen LogP contribution >= 0.6 is 0 Å². The largest absolute Gasteiger partial charge is 0.392 e. The predicted molar refractivity (Wildman–Crippen MR) is 99.2 cm³/mol. The van der Waals surface area contributed by atoms with Crippen molar-refractivity contribution in [3.05, 3.63) is 12.7 Å². The van der Waals surface area contributed by atoms with Gasteiger partial charge in [0.15, 0.2) is 12.1 Å². The molecule has 0 saturated carbocycles. The van der Waals surface area contributed by atoms with Gasteiger partial charge < -0.3 is 24.1 Å². The lowest BCUT2D eigenvalue weighted by Crippen LogP contribution is -2.48. The maximum atomic E-state index is 11.1. The second kappa shape index (κ2) is 8.05. The summed E-state index contributed by atoms with van der Waals surface area (Å²) in [4.78, 5) is 0. The van der Waals surface area contributed by atoms with E-state index in [4.69, 9.17) is 18.9 Å². The molecule has 0 radical (unpaired) electrons. The Kier molecular flexibility index (Phi) is 7.27. The fourth-order valence-electron chi connectivity index (χ4n) is 4.04. The minimum Gasteiger partial charge on any atom is -0.392 e. The van der Waals surface area contributed by atoms with Gasteiger partial charge in [-0.3, -0.25) is 0 Å². The molecule has 0 aromatic carbocycles. The van der Waals surface area contributed by atoms with Crippen molar-refractivity contribution in [1.29, 1.82) is 0 Å². The van der Waals surface area contributed by atoms with E-state index >= 15 is 0 Å². The topological polar surface area (TPSA) is 57.2 Å². The van der Waals surface area contributed by atoms with Gasteiger partial charge in [0.2, 0.25) is 0 Å². The van der Waals surface area contributed by atoms with Gasteiger partial charge >= 0.3 is 0 Å². The van der Waals surface area contributed by atoms with Gasteiger partial charge in [-0.2, -0.15) is 0 Å². The van der Waals surface area contributed by atoms with E-state index < -0.39 is 24.3 Å². The molecule has 0 aliphatic carbocycles. The van der Waals surface area contributed by atoms with Crippen LogP contribution in [0.15, 0.2) is 12.7 Å². The molecule has 0 aromatic rings. The van der Waals surface area contributed by atoms with E-state index in [2.05, 4.69) is 34.3 Å². The number of aliphatic hydroxyl groups is 1. The van der Waals surface area contributed by atoms with E-state index in [0.717, 1.165) is 6.42 Å². The van der Waals surface area contributed by atoms with Crippen LogP contribution in [0.3, 0.4) is 0 Å². The summed E-state index contributed by atoms with van der Waals surface area (Å²) in [5.74, 6) is -0.904. The van der Waals surface area contributed by atoms with Crippen molar-refractivity contribution < 1.29 is 24.1 Å². The van der Waals surface area contributed by atoms with Gasteiger partial charge in [0.05, 0.1) is 12.2 Å². The third-order valence-corrected chi connectivity index (χ3v) is 5.18. The molecule has 0 spiro atoms. The molecule has 5 heteroatoms. The van der Waals surface area contributed by atoms with Gasteiger partial charge in [-0.1, -0.05) is 40.7 Å². The van der Waals surface area contributed by atoms with Gasteiger partial charge in [-0.25, -0.2) is 0 Å². The molecule has 148 valence electrons. The third-order valence-electron chi connectivity index (χ3n) is 5.18. The molecule has 0 bridgehead atoms. The van der Waals surface area contributed by atoms with Gasteiger partial charge in [0.1, 0.15) is 6.10 Å². The molecule has 0 aromatic heterocycles. The molecule has 0 amide bonds. The summed E-state index contributed by atoms with van der Waals surface area (Å²) in [5, 5.41) is 11.1. The Morgan fingerprint density at radius 3 is 2.04 bits per heavy atom. The van der Waals surface area contributed by atoms with Crippen LogP contribution in [0, 0.1) is 16.7 Å². The maximum Gasteiger partial charge on any atom is 0.185 e. The van der Waals surface area contributed by atoms with Crippen LogP contribution in [0.1, 0.15) is 54.9 Å². The second-order valence-electron chi connectivity index (χ2n) is 9.07. The quantitative estimate of drug-likeness (QED) is 0.502. The van der Waals surface area contributed by atoms with Crippen LogP contribution in [-0.4, -0.2) is 49.7 Å². The number of hydrogen-bond donors (Lipinski definition) is 1. The van der Waals surface area contributed by atoms with Gasteiger partial charge in [-0.15, -0.1) is 6.58 Å². The lowest BCUT2D eigenvalue weighted by molar-refractivity contribution is -0.202. The zero-order valence-electron chi connectivity index (χ0n) is 17.5. The number of ether oxygens (including phenoxy) is 4. The van der Waals surface area contributed by atoms with Crippen molar-refractivity contribution in [2.75, 3.05) is 14.2 Å². The highest BCUT2D eigenvalue weighted by molar-refractivity contribution is 4.98. The lowest BCUT2D eigenvalue weighted by Gasteiger charge is -2.41. The Labute approximate surface area is 153 Å². The highest BCUT2D eigenvalue weighted by atomic mass is 16.8. The Hall–Kier alpha value is -0.460. The molecule has 1 fully saturated rings. The van der Waals surface area contributed by atoms with E-state index in [1.807, 2.05) is 26.8 Å². The number of allylic oxidation sites excluding steroid dienone is 1. The van der Waals surface area contributed by atoms with Crippen LogP contribution in [0.25, 0.3) is 0 Å². The normalized spacial score (nSPS) is 26.7. The van der Waals surface area contributed by atoms with E-state index in [-0.39, 0.29) is 22.9 Å². The summed E-state index contributed by atoms with van der Waals surface area (Å²) in [5.41, 5.74) is -0.370. The first kappa shape index (κ1) is 22.6. The minimum atomic E-state index is -0.747.